The van der Waals surface area contributed by atoms with Gasteiger partial charge in [0.05, 0.1) is 5.69 Å². The van der Waals surface area contributed by atoms with Crippen molar-refractivity contribution in [3.8, 4) is 0 Å². The maximum absolute atomic E-state index is 4.37. The van der Waals surface area contributed by atoms with Crippen molar-refractivity contribution in [2.24, 2.45) is 0 Å². The van der Waals surface area contributed by atoms with E-state index in [0.717, 1.165) is 11.5 Å². The van der Waals surface area contributed by atoms with Crippen molar-refractivity contribution in [1.29, 1.82) is 0 Å². The first-order chi connectivity index (χ1) is 11.3. The Hall–Kier alpha value is -1.05. The molecule has 0 fully saturated rings. The minimum absolute atomic E-state index is 0.984. The van der Waals surface area contributed by atoms with Crippen molar-refractivity contribution in [1.82, 2.24) is 9.97 Å². The number of aromatic amines is 1. The topological polar surface area (TPSA) is 28.7 Å². The number of nitrogens with zero attached hydrogens (tertiary/aromatic N) is 1. The van der Waals surface area contributed by atoms with E-state index in [2.05, 4.69) is 29.0 Å². The molecule has 0 aliphatic heterocycles. The Kier molecular flexibility index (Phi) is 12.6. The second-order valence-electron chi connectivity index (χ2n) is 6.86. The fraction of sp³-hybridized carbons (Fsp3) is 0.762. The maximum Gasteiger partial charge on any atom is 0.129 e. The summed E-state index contributed by atoms with van der Waals surface area (Å²) in [5.74, 6) is 0.984. The van der Waals surface area contributed by atoms with Crippen molar-refractivity contribution in [2.45, 2.75) is 104 Å². The highest BCUT2D eigenvalue weighted by atomic mass is 14.9. The SMILES string of the molecule is CCCCCCCCCCCCCCC/C=C/c1nc(C)c[nH]1. The molecule has 0 aliphatic carbocycles. The molecule has 1 heterocycles. The second-order valence-corrected chi connectivity index (χ2v) is 6.86. The zero-order valence-electron chi connectivity index (χ0n) is 15.6. The number of nitrogens with one attached hydrogen (secondary N) is 1. The summed E-state index contributed by atoms with van der Waals surface area (Å²) in [5, 5.41) is 0. The van der Waals surface area contributed by atoms with Gasteiger partial charge in [0.15, 0.2) is 0 Å². The number of H-pyrrole nitrogens is 1. The smallest absolute Gasteiger partial charge is 0.129 e. The monoisotopic (exact) mass is 318 g/mol. The van der Waals surface area contributed by atoms with Crippen LogP contribution in [0.5, 0.6) is 0 Å². The third kappa shape index (κ3) is 12.1. The molecule has 0 bridgehead atoms. The third-order valence-electron chi connectivity index (χ3n) is 4.48. The number of aryl methyl sites for hydroxylation is 1. The lowest BCUT2D eigenvalue weighted by molar-refractivity contribution is 0.540. The summed E-state index contributed by atoms with van der Waals surface area (Å²) in [6.45, 7) is 4.30. The number of unbranched alkanes of at least 4 members (excludes halogenated alkanes) is 13. The van der Waals surface area contributed by atoms with E-state index in [1.165, 1.54) is 89.9 Å². The van der Waals surface area contributed by atoms with E-state index in [9.17, 15) is 0 Å². The molecule has 2 heteroatoms. The van der Waals surface area contributed by atoms with Gasteiger partial charge in [0, 0.05) is 6.20 Å². The van der Waals surface area contributed by atoms with Crippen molar-refractivity contribution >= 4 is 6.08 Å². The summed E-state index contributed by atoms with van der Waals surface area (Å²) in [6.07, 6.45) is 26.0. The fourth-order valence-electron chi connectivity index (χ4n) is 2.99. The van der Waals surface area contributed by atoms with Crippen LogP contribution in [0.15, 0.2) is 12.3 Å². The molecule has 23 heavy (non-hydrogen) atoms. The molecule has 0 atom stereocenters. The summed E-state index contributed by atoms with van der Waals surface area (Å²) in [5.41, 5.74) is 1.06. The van der Waals surface area contributed by atoms with Gasteiger partial charge in [-0.15, -0.1) is 0 Å². The first-order valence-corrected chi connectivity index (χ1v) is 10.0. The molecule has 0 saturated carbocycles. The van der Waals surface area contributed by atoms with Crippen LogP contribution in [-0.4, -0.2) is 9.97 Å². The minimum Gasteiger partial charge on any atom is -0.345 e. The Morgan fingerprint density at radius 2 is 1.35 bits per heavy atom. The van der Waals surface area contributed by atoms with E-state index in [0.29, 0.717) is 0 Å². The Labute approximate surface area is 144 Å². The van der Waals surface area contributed by atoms with Crippen LogP contribution in [0.4, 0.5) is 0 Å². The summed E-state index contributed by atoms with van der Waals surface area (Å²) in [4.78, 5) is 7.53. The van der Waals surface area contributed by atoms with E-state index >= 15 is 0 Å². The lowest BCUT2D eigenvalue weighted by Crippen LogP contribution is -1.82. The molecule has 2 nitrogen and oxygen atoms in total. The zero-order chi connectivity index (χ0) is 16.6. The van der Waals surface area contributed by atoms with Crippen LogP contribution in [0.1, 0.15) is 108 Å². The predicted octanol–water partition coefficient (Wildman–Crippen LogP) is 7.21. The van der Waals surface area contributed by atoms with Gasteiger partial charge in [0.2, 0.25) is 0 Å². The number of allylic oxidation sites excluding steroid dienone is 1. The van der Waals surface area contributed by atoms with E-state index in [4.69, 9.17) is 0 Å². The Balaban J connectivity index is 1.77. The van der Waals surface area contributed by atoms with Gasteiger partial charge < -0.3 is 4.98 Å². The molecule has 0 amide bonds. The average molecular weight is 319 g/mol. The van der Waals surface area contributed by atoms with Gasteiger partial charge in [-0.25, -0.2) is 4.98 Å². The van der Waals surface area contributed by atoms with Gasteiger partial charge in [-0.05, 0) is 25.8 Å². The molecule has 1 rings (SSSR count). The van der Waals surface area contributed by atoms with Crippen LogP contribution in [0.2, 0.25) is 0 Å². The predicted molar refractivity (Wildman–Crippen MR) is 103 cm³/mol. The van der Waals surface area contributed by atoms with Crippen LogP contribution in [0, 0.1) is 6.92 Å². The Bertz CT molecular complexity index is 392. The lowest BCUT2D eigenvalue weighted by Gasteiger charge is -2.02. The van der Waals surface area contributed by atoms with Gasteiger partial charge in [0.25, 0.3) is 0 Å². The molecule has 0 spiro atoms. The van der Waals surface area contributed by atoms with Crippen molar-refractivity contribution < 1.29 is 0 Å². The maximum atomic E-state index is 4.37. The largest absolute Gasteiger partial charge is 0.345 e. The molecule has 0 aliphatic rings. The average Bonchev–Trinajstić information content (AvgIpc) is 2.96. The molecule has 1 N–H and O–H groups in total. The number of rotatable bonds is 15. The first kappa shape index (κ1) is 20.0. The highest BCUT2D eigenvalue weighted by molar-refractivity contribution is 5.39. The third-order valence-corrected chi connectivity index (χ3v) is 4.48. The summed E-state index contributed by atoms with van der Waals surface area (Å²) < 4.78 is 0. The van der Waals surface area contributed by atoms with Crippen molar-refractivity contribution in [3.63, 3.8) is 0 Å². The molecule has 132 valence electrons. The molecule has 0 unspecified atom stereocenters. The quantitative estimate of drug-likeness (QED) is 0.340. The van der Waals surface area contributed by atoms with E-state index in [1.54, 1.807) is 0 Å². The normalized spacial score (nSPS) is 11.6. The summed E-state index contributed by atoms with van der Waals surface area (Å²) in [7, 11) is 0. The van der Waals surface area contributed by atoms with Crippen molar-refractivity contribution in [3.05, 3.63) is 23.8 Å². The van der Waals surface area contributed by atoms with Crippen molar-refractivity contribution in [2.75, 3.05) is 0 Å². The molecule has 0 radical (unpaired) electrons. The lowest BCUT2D eigenvalue weighted by atomic mass is 10.0. The summed E-state index contributed by atoms with van der Waals surface area (Å²) >= 11 is 0. The molecule has 0 saturated heterocycles. The molecular formula is C21H38N2. The Morgan fingerprint density at radius 3 is 1.83 bits per heavy atom. The highest BCUT2D eigenvalue weighted by Crippen LogP contribution is 2.13. The zero-order valence-corrected chi connectivity index (χ0v) is 15.6. The van der Waals surface area contributed by atoms with Gasteiger partial charge in [-0.2, -0.15) is 0 Å². The molecule has 1 aromatic heterocycles. The molecule has 1 aromatic rings. The number of imidazole rings is 1. The van der Waals surface area contributed by atoms with Crippen LogP contribution >= 0.6 is 0 Å². The fourth-order valence-corrected chi connectivity index (χ4v) is 2.99. The van der Waals surface area contributed by atoms with E-state index in [1.807, 2.05) is 13.1 Å². The van der Waals surface area contributed by atoms with Gasteiger partial charge in [-0.3, -0.25) is 0 Å². The minimum atomic E-state index is 0.984. The molecular weight excluding hydrogens is 280 g/mol. The Morgan fingerprint density at radius 1 is 0.826 bits per heavy atom. The molecule has 0 aromatic carbocycles. The van der Waals surface area contributed by atoms with Crippen LogP contribution in [-0.2, 0) is 0 Å². The number of hydrogen-bond donors (Lipinski definition) is 1. The number of hydrogen-bond acceptors (Lipinski definition) is 1. The van der Waals surface area contributed by atoms with Gasteiger partial charge in [-0.1, -0.05) is 90.0 Å². The van der Waals surface area contributed by atoms with E-state index in [-0.39, 0.29) is 0 Å². The summed E-state index contributed by atoms with van der Waals surface area (Å²) in [6, 6.07) is 0. The van der Waals surface area contributed by atoms with Crippen LogP contribution in [0.3, 0.4) is 0 Å². The van der Waals surface area contributed by atoms with Crippen LogP contribution in [0.25, 0.3) is 6.08 Å². The van der Waals surface area contributed by atoms with Crippen LogP contribution < -0.4 is 0 Å². The standard InChI is InChI=1S/C21H38N2/c1-3-4-5-6-7-8-9-10-11-12-13-14-15-16-17-18-21-22-19-20(2)23-21/h17-19H,3-16H2,1-2H3,(H,22,23)/b18-17+. The second kappa shape index (κ2) is 14.5. The van der Waals surface area contributed by atoms with Gasteiger partial charge in [0.1, 0.15) is 5.82 Å². The van der Waals surface area contributed by atoms with E-state index < -0.39 is 0 Å². The highest BCUT2D eigenvalue weighted by Gasteiger charge is 1.94. The first-order valence-electron chi connectivity index (χ1n) is 10.0. The number of aromatic nitrogens is 2. The van der Waals surface area contributed by atoms with Gasteiger partial charge >= 0.3 is 0 Å².